The second-order valence-electron chi connectivity index (χ2n) is 8.08. The molecule has 162 valence electrons. The van der Waals surface area contributed by atoms with E-state index in [0.29, 0.717) is 18.5 Å². The Morgan fingerprint density at radius 3 is 2.37 bits per heavy atom. The van der Waals surface area contributed by atoms with Crippen LogP contribution in [0.25, 0.3) is 0 Å². The molecule has 6 nitrogen and oxygen atoms in total. The molecule has 7 heteroatoms. The number of nitrogens with zero attached hydrogens (tertiary/aromatic N) is 4. The van der Waals surface area contributed by atoms with Gasteiger partial charge < -0.3 is 20.4 Å². The first kappa shape index (κ1) is 21.9. The summed E-state index contributed by atoms with van der Waals surface area (Å²) in [5.41, 5.74) is 2.23. The molecule has 1 fully saturated rings. The third-order valence-corrected chi connectivity index (χ3v) is 5.65. The molecule has 3 rings (SSSR count). The van der Waals surface area contributed by atoms with E-state index in [1.807, 2.05) is 24.4 Å². The van der Waals surface area contributed by atoms with Crippen LogP contribution in [0.15, 0.2) is 47.6 Å². The number of rotatable bonds is 6. The van der Waals surface area contributed by atoms with Gasteiger partial charge in [-0.15, -0.1) is 0 Å². The third kappa shape index (κ3) is 5.84. The largest absolute Gasteiger partial charge is 0.368 e. The molecule has 0 saturated carbocycles. The van der Waals surface area contributed by atoms with Crippen LogP contribution in [-0.4, -0.2) is 50.2 Å². The van der Waals surface area contributed by atoms with Crippen LogP contribution in [0.5, 0.6) is 0 Å². The van der Waals surface area contributed by atoms with Crippen LogP contribution in [0.4, 0.5) is 15.9 Å². The van der Waals surface area contributed by atoms with Gasteiger partial charge in [0.05, 0.1) is 0 Å². The molecule has 0 radical (unpaired) electrons. The molecule has 2 heterocycles. The highest BCUT2D eigenvalue weighted by molar-refractivity contribution is 5.79. The maximum absolute atomic E-state index is 13.2. The SMILES string of the molecule is CN=C(NCc1ccnc(N2CCN(c3ccc(F)cc3)CC2)c1)NC(C)C(C)C. The lowest BCUT2D eigenvalue weighted by Gasteiger charge is -2.36. The summed E-state index contributed by atoms with van der Waals surface area (Å²) in [7, 11) is 1.79. The predicted octanol–water partition coefficient (Wildman–Crippen LogP) is 3.26. The minimum atomic E-state index is -0.197. The molecule has 1 aliphatic heterocycles. The van der Waals surface area contributed by atoms with Gasteiger partial charge >= 0.3 is 0 Å². The zero-order valence-corrected chi connectivity index (χ0v) is 18.4. The Bertz CT molecular complexity index is 828. The molecule has 2 N–H and O–H groups in total. The lowest BCUT2D eigenvalue weighted by molar-refractivity contribution is 0.481. The number of aromatic nitrogens is 1. The molecule has 1 saturated heterocycles. The summed E-state index contributed by atoms with van der Waals surface area (Å²) in [5, 5.41) is 6.81. The Kier molecular flexibility index (Phi) is 7.49. The van der Waals surface area contributed by atoms with Crippen LogP contribution < -0.4 is 20.4 Å². The molecular formula is C23H33FN6. The summed E-state index contributed by atoms with van der Waals surface area (Å²) in [6.07, 6.45) is 1.87. The number of aliphatic imine (C=N–C) groups is 1. The second-order valence-corrected chi connectivity index (χ2v) is 8.08. The Morgan fingerprint density at radius 1 is 1.07 bits per heavy atom. The van der Waals surface area contributed by atoms with Crippen molar-refractivity contribution in [2.24, 2.45) is 10.9 Å². The number of hydrogen-bond acceptors (Lipinski definition) is 4. The molecule has 0 aliphatic carbocycles. The second kappa shape index (κ2) is 10.3. The van der Waals surface area contributed by atoms with Gasteiger partial charge in [0.25, 0.3) is 0 Å². The van der Waals surface area contributed by atoms with Crippen molar-refractivity contribution < 1.29 is 4.39 Å². The van der Waals surface area contributed by atoms with E-state index in [9.17, 15) is 4.39 Å². The molecular weight excluding hydrogens is 379 g/mol. The van der Waals surface area contributed by atoms with Crippen molar-refractivity contribution in [2.45, 2.75) is 33.4 Å². The number of benzene rings is 1. The van der Waals surface area contributed by atoms with Crippen molar-refractivity contribution in [1.29, 1.82) is 0 Å². The monoisotopic (exact) mass is 412 g/mol. The molecule has 0 bridgehead atoms. The minimum absolute atomic E-state index is 0.197. The molecule has 1 aromatic heterocycles. The maximum atomic E-state index is 13.2. The molecule has 1 atom stereocenters. The molecule has 1 aromatic carbocycles. The van der Waals surface area contributed by atoms with Crippen LogP contribution >= 0.6 is 0 Å². The van der Waals surface area contributed by atoms with E-state index in [2.05, 4.69) is 57.2 Å². The average molecular weight is 413 g/mol. The zero-order valence-electron chi connectivity index (χ0n) is 18.4. The fraction of sp³-hybridized carbons (Fsp3) is 0.478. The zero-order chi connectivity index (χ0) is 21.5. The van der Waals surface area contributed by atoms with Gasteiger partial charge in [0.15, 0.2) is 5.96 Å². The van der Waals surface area contributed by atoms with Gasteiger partial charge in [0.1, 0.15) is 11.6 Å². The number of nitrogens with one attached hydrogen (secondary N) is 2. The van der Waals surface area contributed by atoms with Crippen LogP contribution in [0.2, 0.25) is 0 Å². The smallest absolute Gasteiger partial charge is 0.191 e. The summed E-state index contributed by atoms with van der Waals surface area (Å²) in [4.78, 5) is 13.5. The Labute approximate surface area is 179 Å². The summed E-state index contributed by atoms with van der Waals surface area (Å²) < 4.78 is 13.2. The van der Waals surface area contributed by atoms with Crippen molar-refractivity contribution >= 4 is 17.5 Å². The fourth-order valence-corrected chi connectivity index (χ4v) is 3.35. The number of pyridine rings is 1. The topological polar surface area (TPSA) is 55.8 Å². The number of guanidine groups is 1. The van der Waals surface area contributed by atoms with E-state index < -0.39 is 0 Å². The average Bonchev–Trinajstić information content (AvgIpc) is 2.77. The van der Waals surface area contributed by atoms with E-state index in [0.717, 1.165) is 43.6 Å². The van der Waals surface area contributed by atoms with Gasteiger partial charge in [0.2, 0.25) is 0 Å². The van der Waals surface area contributed by atoms with Crippen molar-refractivity contribution in [3.63, 3.8) is 0 Å². The normalized spacial score (nSPS) is 16.0. The van der Waals surface area contributed by atoms with Crippen molar-refractivity contribution in [2.75, 3.05) is 43.0 Å². The molecule has 1 aliphatic rings. The van der Waals surface area contributed by atoms with Crippen molar-refractivity contribution in [1.82, 2.24) is 15.6 Å². The molecule has 2 aromatic rings. The standard InChI is InChI=1S/C23H33FN6/c1-17(2)18(3)28-23(25-4)27-16-19-9-10-26-22(15-19)30-13-11-29(12-14-30)21-7-5-20(24)6-8-21/h5-10,15,17-18H,11-14,16H2,1-4H3,(H2,25,27,28). The molecule has 0 spiro atoms. The Balaban J connectivity index is 1.55. The van der Waals surface area contributed by atoms with E-state index in [4.69, 9.17) is 0 Å². The van der Waals surface area contributed by atoms with Crippen LogP contribution in [0, 0.1) is 11.7 Å². The quantitative estimate of drug-likeness (QED) is 0.563. The van der Waals surface area contributed by atoms with Crippen LogP contribution in [0.3, 0.4) is 0 Å². The first-order valence-corrected chi connectivity index (χ1v) is 10.6. The molecule has 0 amide bonds. The number of anilines is 2. The molecule has 1 unspecified atom stereocenters. The first-order chi connectivity index (χ1) is 14.5. The van der Waals surface area contributed by atoms with Crippen LogP contribution in [-0.2, 0) is 6.54 Å². The van der Waals surface area contributed by atoms with Gasteiger partial charge in [-0.1, -0.05) is 13.8 Å². The van der Waals surface area contributed by atoms with Crippen molar-refractivity contribution in [3.05, 3.63) is 54.0 Å². The van der Waals surface area contributed by atoms with Gasteiger partial charge in [-0.3, -0.25) is 4.99 Å². The van der Waals surface area contributed by atoms with E-state index in [1.54, 1.807) is 7.05 Å². The van der Waals surface area contributed by atoms with Gasteiger partial charge in [-0.2, -0.15) is 0 Å². The van der Waals surface area contributed by atoms with E-state index >= 15 is 0 Å². The van der Waals surface area contributed by atoms with Crippen molar-refractivity contribution in [3.8, 4) is 0 Å². The summed E-state index contributed by atoms with van der Waals surface area (Å²) in [6, 6.07) is 11.2. The third-order valence-electron chi connectivity index (χ3n) is 5.65. The highest BCUT2D eigenvalue weighted by atomic mass is 19.1. The minimum Gasteiger partial charge on any atom is -0.368 e. The highest BCUT2D eigenvalue weighted by Crippen LogP contribution is 2.20. The Morgan fingerprint density at radius 2 is 1.73 bits per heavy atom. The van der Waals surface area contributed by atoms with E-state index in [1.165, 1.54) is 17.7 Å². The van der Waals surface area contributed by atoms with Gasteiger partial charge in [0, 0.05) is 57.7 Å². The fourth-order valence-electron chi connectivity index (χ4n) is 3.35. The van der Waals surface area contributed by atoms with E-state index in [-0.39, 0.29) is 5.82 Å². The number of piperazine rings is 1. The number of hydrogen-bond donors (Lipinski definition) is 2. The van der Waals surface area contributed by atoms with Gasteiger partial charge in [-0.25, -0.2) is 9.37 Å². The highest BCUT2D eigenvalue weighted by Gasteiger charge is 2.18. The summed E-state index contributed by atoms with van der Waals surface area (Å²) in [6.45, 7) is 10.8. The lowest BCUT2D eigenvalue weighted by Crippen LogP contribution is -2.47. The number of halogens is 1. The lowest BCUT2D eigenvalue weighted by atomic mass is 10.1. The molecule has 30 heavy (non-hydrogen) atoms. The summed E-state index contributed by atoms with van der Waals surface area (Å²) >= 11 is 0. The Hall–Kier alpha value is -2.83. The predicted molar refractivity (Wildman–Crippen MR) is 123 cm³/mol. The van der Waals surface area contributed by atoms with Crippen LogP contribution in [0.1, 0.15) is 26.3 Å². The summed E-state index contributed by atoms with van der Waals surface area (Å²) in [5.74, 6) is 2.14. The van der Waals surface area contributed by atoms with Gasteiger partial charge in [-0.05, 0) is 54.8 Å². The first-order valence-electron chi connectivity index (χ1n) is 10.6. The maximum Gasteiger partial charge on any atom is 0.191 e.